The standard InChI is InChI=1S/C17H15N3O3S/c1-12(21)13-3-6-15(7-4-13)24(22,23)20(2)14-5-8-16-17(11-14)19-10-9-18-16/h3-11H,1-2H3. The summed E-state index contributed by atoms with van der Waals surface area (Å²) in [4.78, 5) is 19.8. The largest absolute Gasteiger partial charge is 0.295 e. The molecule has 0 amide bonds. The van der Waals surface area contributed by atoms with Crippen molar-refractivity contribution in [3.63, 3.8) is 0 Å². The molecule has 0 aliphatic rings. The second kappa shape index (κ2) is 6.01. The lowest BCUT2D eigenvalue weighted by atomic mass is 10.2. The minimum Gasteiger partial charge on any atom is -0.295 e. The van der Waals surface area contributed by atoms with E-state index in [0.29, 0.717) is 22.3 Å². The van der Waals surface area contributed by atoms with Crippen LogP contribution in [0.1, 0.15) is 17.3 Å². The first-order valence-corrected chi connectivity index (χ1v) is 8.64. The summed E-state index contributed by atoms with van der Waals surface area (Å²) in [6.07, 6.45) is 3.14. The van der Waals surface area contributed by atoms with E-state index in [0.717, 1.165) is 0 Å². The molecule has 0 saturated carbocycles. The normalized spacial score (nSPS) is 11.4. The molecule has 0 fully saturated rings. The van der Waals surface area contributed by atoms with Crippen molar-refractivity contribution in [2.45, 2.75) is 11.8 Å². The lowest BCUT2D eigenvalue weighted by molar-refractivity contribution is 0.101. The molecule has 3 aromatic rings. The molecule has 6 nitrogen and oxygen atoms in total. The average Bonchev–Trinajstić information content (AvgIpc) is 2.60. The zero-order valence-electron chi connectivity index (χ0n) is 13.2. The van der Waals surface area contributed by atoms with Crippen LogP contribution in [0.3, 0.4) is 0 Å². The summed E-state index contributed by atoms with van der Waals surface area (Å²) in [6, 6.07) is 11.0. The Morgan fingerprint density at radius 3 is 2.21 bits per heavy atom. The van der Waals surface area contributed by atoms with E-state index in [2.05, 4.69) is 9.97 Å². The van der Waals surface area contributed by atoms with Crippen LogP contribution in [0.15, 0.2) is 59.8 Å². The van der Waals surface area contributed by atoms with Crippen LogP contribution in [0, 0.1) is 0 Å². The molecule has 0 spiro atoms. The number of hydrogen-bond donors (Lipinski definition) is 0. The van der Waals surface area contributed by atoms with Gasteiger partial charge in [0.15, 0.2) is 5.78 Å². The molecular weight excluding hydrogens is 326 g/mol. The van der Waals surface area contributed by atoms with Crippen LogP contribution in [0.4, 0.5) is 5.69 Å². The summed E-state index contributed by atoms with van der Waals surface area (Å²) in [5, 5.41) is 0. The number of sulfonamides is 1. The fourth-order valence-corrected chi connectivity index (χ4v) is 3.49. The van der Waals surface area contributed by atoms with Gasteiger partial charge in [0.05, 0.1) is 21.6 Å². The van der Waals surface area contributed by atoms with Crippen molar-refractivity contribution in [1.29, 1.82) is 0 Å². The molecule has 0 atom stereocenters. The van der Waals surface area contributed by atoms with Crippen LogP contribution in [-0.2, 0) is 10.0 Å². The van der Waals surface area contributed by atoms with Gasteiger partial charge in [-0.3, -0.25) is 19.1 Å². The maximum atomic E-state index is 12.8. The molecular formula is C17H15N3O3S. The van der Waals surface area contributed by atoms with E-state index in [-0.39, 0.29) is 10.7 Å². The van der Waals surface area contributed by atoms with Crippen LogP contribution >= 0.6 is 0 Å². The first kappa shape index (κ1) is 16.1. The van der Waals surface area contributed by atoms with Gasteiger partial charge in [-0.15, -0.1) is 0 Å². The molecule has 0 saturated heterocycles. The predicted octanol–water partition coefficient (Wildman–Crippen LogP) is 2.66. The molecule has 3 rings (SSSR count). The number of carbonyl (C=O) groups excluding carboxylic acids is 1. The van der Waals surface area contributed by atoms with Gasteiger partial charge in [-0.05, 0) is 37.3 Å². The number of ketones is 1. The molecule has 24 heavy (non-hydrogen) atoms. The second-order valence-electron chi connectivity index (χ2n) is 5.28. The Bertz CT molecular complexity index is 1010. The predicted molar refractivity (Wildman–Crippen MR) is 91.6 cm³/mol. The van der Waals surface area contributed by atoms with Gasteiger partial charge in [0.1, 0.15) is 0 Å². The summed E-state index contributed by atoms with van der Waals surface area (Å²) < 4.78 is 26.7. The Balaban J connectivity index is 1.99. The van der Waals surface area contributed by atoms with Gasteiger partial charge < -0.3 is 0 Å². The third-order valence-corrected chi connectivity index (χ3v) is 5.54. The molecule has 1 aromatic heterocycles. The van der Waals surface area contributed by atoms with Crippen molar-refractivity contribution in [2.24, 2.45) is 0 Å². The van der Waals surface area contributed by atoms with Gasteiger partial charge >= 0.3 is 0 Å². The van der Waals surface area contributed by atoms with Crippen molar-refractivity contribution in [3.05, 3.63) is 60.4 Å². The Hall–Kier alpha value is -2.80. The molecule has 0 radical (unpaired) electrons. The number of Topliss-reactive ketones (excluding diaryl/α,β-unsaturated/α-hetero) is 1. The van der Waals surface area contributed by atoms with Gasteiger partial charge in [0.25, 0.3) is 10.0 Å². The minimum absolute atomic E-state index is 0.111. The van der Waals surface area contributed by atoms with Crippen molar-refractivity contribution < 1.29 is 13.2 Å². The van der Waals surface area contributed by atoms with Gasteiger partial charge in [0.2, 0.25) is 0 Å². The SMILES string of the molecule is CC(=O)c1ccc(S(=O)(=O)N(C)c2ccc3nccnc3c2)cc1. The Morgan fingerprint density at radius 1 is 0.958 bits per heavy atom. The number of carbonyl (C=O) groups is 1. The highest BCUT2D eigenvalue weighted by Gasteiger charge is 2.21. The zero-order chi connectivity index (χ0) is 17.3. The molecule has 0 bridgehead atoms. The van der Waals surface area contributed by atoms with Crippen LogP contribution in [0.2, 0.25) is 0 Å². The Kier molecular flexibility index (Phi) is 4.02. The molecule has 0 aliphatic heterocycles. The van der Waals surface area contributed by atoms with E-state index in [4.69, 9.17) is 0 Å². The fourth-order valence-electron chi connectivity index (χ4n) is 2.31. The third-order valence-electron chi connectivity index (χ3n) is 3.74. The highest BCUT2D eigenvalue weighted by atomic mass is 32.2. The van der Waals surface area contributed by atoms with Gasteiger partial charge in [0, 0.05) is 25.0 Å². The Labute approximate surface area is 139 Å². The summed E-state index contributed by atoms with van der Waals surface area (Å²) in [6.45, 7) is 1.44. The van der Waals surface area contributed by atoms with E-state index in [9.17, 15) is 13.2 Å². The smallest absolute Gasteiger partial charge is 0.264 e. The zero-order valence-corrected chi connectivity index (χ0v) is 14.0. The average molecular weight is 341 g/mol. The van der Waals surface area contributed by atoms with Crippen LogP contribution in [-0.4, -0.2) is 31.2 Å². The van der Waals surface area contributed by atoms with E-state index < -0.39 is 10.0 Å². The van der Waals surface area contributed by atoms with E-state index in [1.807, 2.05) is 0 Å². The number of aromatic nitrogens is 2. The van der Waals surface area contributed by atoms with Gasteiger partial charge in [-0.2, -0.15) is 0 Å². The monoisotopic (exact) mass is 341 g/mol. The minimum atomic E-state index is -3.73. The van der Waals surface area contributed by atoms with Crippen molar-refractivity contribution in [2.75, 3.05) is 11.4 Å². The highest BCUT2D eigenvalue weighted by molar-refractivity contribution is 7.92. The first-order chi connectivity index (χ1) is 11.4. The summed E-state index contributed by atoms with van der Waals surface area (Å²) in [5.41, 5.74) is 2.26. The number of fused-ring (bicyclic) bond motifs is 1. The molecule has 2 aromatic carbocycles. The van der Waals surface area contributed by atoms with Gasteiger partial charge in [-0.1, -0.05) is 12.1 Å². The molecule has 7 heteroatoms. The van der Waals surface area contributed by atoms with Crippen LogP contribution < -0.4 is 4.31 Å². The quantitative estimate of drug-likeness (QED) is 0.682. The third kappa shape index (κ3) is 2.85. The maximum Gasteiger partial charge on any atom is 0.264 e. The van der Waals surface area contributed by atoms with E-state index >= 15 is 0 Å². The number of benzene rings is 2. The van der Waals surface area contributed by atoms with Gasteiger partial charge in [-0.25, -0.2) is 8.42 Å². The second-order valence-corrected chi connectivity index (χ2v) is 7.25. The van der Waals surface area contributed by atoms with Crippen LogP contribution in [0.25, 0.3) is 11.0 Å². The van der Waals surface area contributed by atoms with Crippen molar-refractivity contribution >= 4 is 32.5 Å². The lowest BCUT2D eigenvalue weighted by Gasteiger charge is -2.19. The topological polar surface area (TPSA) is 80.2 Å². The number of anilines is 1. The molecule has 122 valence electrons. The van der Waals surface area contributed by atoms with Crippen molar-refractivity contribution in [1.82, 2.24) is 9.97 Å². The van der Waals surface area contributed by atoms with Crippen LogP contribution in [0.5, 0.6) is 0 Å². The summed E-state index contributed by atoms with van der Waals surface area (Å²) in [5.74, 6) is -0.111. The number of rotatable bonds is 4. The number of nitrogens with zero attached hydrogens (tertiary/aromatic N) is 3. The summed E-state index contributed by atoms with van der Waals surface area (Å²) in [7, 11) is -2.25. The lowest BCUT2D eigenvalue weighted by Crippen LogP contribution is -2.26. The van der Waals surface area contributed by atoms with E-state index in [1.165, 1.54) is 42.5 Å². The molecule has 0 unspecified atom stereocenters. The highest BCUT2D eigenvalue weighted by Crippen LogP contribution is 2.24. The Morgan fingerprint density at radius 2 is 1.58 bits per heavy atom. The van der Waals surface area contributed by atoms with E-state index in [1.54, 1.807) is 30.6 Å². The fraction of sp³-hybridized carbons (Fsp3) is 0.118. The van der Waals surface area contributed by atoms with Crippen molar-refractivity contribution in [3.8, 4) is 0 Å². The molecule has 1 heterocycles. The maximum absolute atomic E-state index is 12.8. The number of hydrogen-bond acceptors (Lipinski definition) is 5. The molecule has 0 aliphatic carbocycles. The summed E-state index contributed by atoms with van der Waals surface area (Å²) >= 11 is 0. The first-order valence-electron chi connectivity index (χ1n) is 7.20. The molecule has 0 N–H and O–H groups in total.